The molecule has 2 N–H and O–H groups in total. The summed E-state index contributed by atoms with van der Waals surface area (Å²) >= 11 is 0. The van der Waals surface area contributed by atoms with Crippen LogP contribution in [0.4, 0.5) is 5.69 Å². The van der Waals surface area contributed by atoms with E-state index >= 15 is 0 Å². The van der Waals surface area contributed by atoms with E-state index in [1.54, 1.807) is 0 Å². The average molecular weight is 310 g/mol. The third-order valence-corrected chi connectivity index (χ3v) is 3.83. The fraction of sp³-hybridized carbons (Fsp3) is 0.333. The van der Waals surface area contributed by atoms with E-state index in [0.29, 0.717) is 12.5 Å². The summed E-state index contributed by atoms with van der Waals surface area (Å²) in [4.78, 5) is 19.8. The molecule has 23 heavy (non-hydrogen) atoms. The van der Waals surface area contributed by atoms with E-state index in [1.165, 1.54) is 0 Å². The zero-order valence-corrected chi connectivity index (χ0v) is 14.0. The van der Waals surface area contributed by atoms with Crippen molar-refractivity contribution in [3.8, 4) is 11.5 Å². The van der Waals surface area contributed by atoms with Crippen molar-refractivity contribution in [3.63, 3.8) is 0 Å². The molecule has 2 heterocycles. The van der Waals surface area contributed by atoms with Crippen LogP contribution in [0, 0.1) is 0 Å². The molecule has 5 heteroatoms. The first-order chi connectivity index (χ1) is 11.0. The number of carbonyl (C=O) groups excluding carboxylic acids is 1. The smallest absolute Gasteiger partial charge is 0.162 e. The number of ketones is 1. The predicted octanol–water partition coefficient (Wildman–Crippen LogP) is 3.98. The first-order valence-corrected chi connectivity index (χ1v) is 7.94. The van der Waals surface area contributed by atoms with Gasteiger partial charge in [-0.25, -0.2) is 4.98 Å². The van der Waals surface area contributed by atoms with Gasteiger partial charge in [0.2, 0.25) is 0 Å². The number of Topliss-reactive ketones (excluding diaryl/α,β-unsaturated/α-hetero) is 1. The minimum Gasteiger partial charge on any atom is -0.382 e. The Hall–Kier alpha value is -2.56. The fourth-order valence-electron chi connectivity index (χ4n) is 2.72. The standard InChI is InChI=1S/C18H22N4O/c1-5-17(23)12-6-7-14-15(8-12)21-18(20-14)16-9-13(10-22(16)4)19-11(2)3/h6-11,19H,5H2,1-4H3,(H,20,21). The van der Waals surface area contributed by atoms with Gasteiger partial charge in [-0.05, 0) is 38.1 Å². The zero-order valence-electron chi connectivity index (χ0n) is 14.0. The number of nitrogens with zero attached hydrogens (tertiary/aromatic N) is 2. The maximum absolute atomic E-state index is 11.8. The van der Waals surface area contributed by atoms with Crippen LogP contribution in [0.25, 0.3) is 22.6 Å². The van der Waals surface area contributed by atoms with E-state index in [2.05, 4.69) is 41.4 Å². The van der Waals surface area contributed by atoms with Gasteiger partial charge in [0.15, 0.2) is 11.6 Å². The van der Waals surface area contributed by atoms with Gasteiger partial charge < -0.3 is 14.9 Å². The highest BCUT2D eigenvalue weighted by Gasteiger charge is 2.12. The lowest BCUT2D eigenvalue weighted by atomic mass is 10.1. The average Bonchev–Trinajstić information content (AvgIpc) is 3.07. The van der Waals surface area contributed by atoms with Crippen LogP contribution >= 0.6 is 0 Å². The van der Waals surface area contributed by atoms with Crippen molar-refractivity contribution in [2.24, 2.45) is 7.05 Å². The maximum atomic E-state index is 11.8. The SMILES string of the molecule is CCC(=O)c1ccc2nc(-c3cc(NC(C)C)cn3C)[nH]c2c1. The monoisotopic (exact) mass is 310 g/mol. The Balaban J connectivity index is 2.00. The molecule has 0 radical (unpaired) electrons. The number of carbonyl (C=O) groups is 1. The number of fused-ring (bicyclic) bond motifs is 1. The number of hydrogen-bond donors (Lipinski definition) is 2. The molecular formula is C18H22N4O. The Morgan fingerprint density at radius 1 is 1.35 bits per heavy atom. The Kier molecular flexibility index (Phi) is 3.94. The number of imidazole rings is 1. The number of rotatable bonds is 5. The summed E-state index contributed by atoms with van der Waals surface area (Å²) < 4.78 is 2.04. The van der Waals surface area contributed by atoms with Crippen LogP contribution in [0.5, 0.6) is 0 Å². The van der Waals surface area contributed by atoms with Crippen molar-refractivity contribution in [1.29, 1.82) is 0 Å². The summed E-state index contributed by atoms with van der Waals surface area (Å²) in [6, 6.07) is 8.08. The molecule has 0 aliphatic carbocycles. The first-order valence-electron chi connectivity index (χ1n) is 7.94. The number of nitrogens with one attached hydrogen (secondary N) is 2. The van der Waals surface area contributed by atoms with Gasteiger partial charge in [-0.3, -0.25) is 4.79 Å². The Labute approximate surface area is 135 Å². The Morgan fingerprint density at radius 2 is 2.13 bits per heavy atom. The number of H-pyrrole nitrogens is 1. The third-order valence-electron chi connectivity index (χ3n) is 3.83. The number of aryl methyl sites for hydroxylation is 1. The van der Waals surface area contributed by atoms with Crippen molar-refractivity contribution < 1.29 is 4.79 Å². The summed E-state index contributed by atoms with van der Waals surface area (Å²) in [7, 11) is 2.00. The van der Waals surface area contributed by atoms with Crippen molar-refractivity contribution in [3.05, 3.63) is 36.0 Å². The molecule has 0 unspecified atom stereocenters. The molecule has 0 aliphatic rings. The minimum absolute atomic E-state index is 0.144. The molecule has 0 spiro atoms. The molecule has 5 nitrogen and oxygen atoms in total. The highest BCUT2D eigenvalue weighted by Crippen LogP contribution is 2.25. The topological polar surface area (TPSA) is 62.7 Å². The number of aromatic amines is 1. The molecule has 0 saturated heterocycles. The van der Waals surface area contributed by atoms with E-state index in [9.17, 15) is 4.79 Å². The summed E-state index contributed by atoms with van der Waals surface area (Å²) in [5.41, 5.74) is 4.56. The predicted molar refractivity (Wildman–Crippen MR) is 93.9 cm³/mol. The summed E-state index contributed by atoms with van der Waals surface area (Å²) in [6.45, 7) is 6.10. The molecule has 1 aromatic carbocycles. The molecule has 0 bridgehead atoms. The van der Waals surface area contributed by atoms with Gasteiger partial charge in [-0.2, -0.15) is 0 Å². The van der Waals surface area contributed by atoms with Crippen LogP contribution in [0.2, 0.25) is 0 Å². The van der Waals surface area contributed by atoms with Crippen LogP contribution in [0.1, 0.15) is 37.6 Å². The van der Waals surface area contributed by atoms with Gasteiger partial charge in [0.1, 0.15) is 0 Å². The Morgan fingerprint density at radius 3 is 2.83 bits per heavy atom. The number of anilines is 1. The molecule has 0 saturated carbocycles. The van der Waals surface area contributed by atoms with Gasteiger partial charge in [-0.1, -0.05) is 6.92 Å². The number of aromatic nitrogens is 3. The first kappa shape index (κ1) is 15.3. The van der Waals surface area contributed by atoms with E-state index in [4.69, 9.17) is 0 Å². The lowest BCUT2D eigenvalue weighted by molar-refractivity contribution is 0.0988. The second kappa shape index (κ2) is 5.91. The molecule has 0 atom stereocenters. The molecule has 0 fully saturated rings. The van der Waals surface area contributed by atoms with Crippen molar-refractivity contribution in [1.82, 2.24) is 14.5 Å². The normalized spacial score (nSPS) is 11.3. The van der Waals surface area contributed by atoms with Gasteiger partial charge in [-0.15, -0.1) is 0 Å². The third kappa shape index (κ3) is 2.99. The highest BCUT2D eigenvalue weighted by atomic mass is 16.1. The van der Waals surface area contributed by atoms with Crippen molar-refractivity contribution in [2.45, 2.75) is 33.2 Å². The molecule has 3 aromatic rings. The largest absolute Gasteiger partial charge is 0.382 e. The van der Waals surface area contributed by atoms with Gasteiger partial charge in [0, 0.05) is 31.3 Å². The number of benzene rings is 1. The van der Waals surface area contributed by atoms with Crippen LogP contribution in [0.3, 0.4) is 0 Å². The van der Waals surface area contributed by atoms with E-state index in [-0.39, 0.29) is 5.78 Å². The molecule has 120 valence electrons. The van der Waals surface area contributed by atoms with Crippen LogP contribution in [-0.2, 0) is 7.05 Å². The van der Waals surface area contributed by atoms with Crippen molar-refractivity contribution >= 4 is 22.5 Å². The van der Waals surface area contributed by atoms with E-state index < -0.39 is 0 Å². The van der Waals surface area contributed by atoms with E-state index in [0.717, 1.165) is 33.8 Å². The second-order valence-electron chi connectivity index (χ2n) is 6.12. The van der Waals surface area contributed by atoms with Gasteiger partial charge >= 0.3 is 0 Å². The van der Waals surface area contributed by atoms with Crippen molar-refractivity contribution in [2.75, 3.05) is 5.32 Å². The van der Waals surface area contributed by atoms with E-state index in [1.807, 2.05) is 36.7 Å². The second-order valence-corrected chi connectivity index (χ2v) is 6.12. The number of hydrogen-bond acceptors (Lipinski definition) is 3. The minimum atomic E-state index is 0.144. The summed E-state index contributed by atoms with van der Waals surface area (Å²) in [6.07, 6.45) is 2.56. The highest BCUT2D eigenvalue weighted by molar-refractivity contribution is 5.99. The molecule has 2 aromatic heterocycles. The molecular weight excluding hydrogens is 288 g/mol. The van der Waals surface area contributed by atoms with Gasteiger partial charge in [0.25, 0.3) is 0 Å². The summed E-state index contributed by atoms with van der Waals surface area (Å²) in [5, 5.41) is 3.39. The lowest BCUT2D eigenvalue weighted by Crippen LogP contribution is -2.08. The quantitative estimate of drug-likeness (QED) is 0.701. The Bertz CT molecular complexity index is 857. The molecule has 0 amide bonds. The maximum Gasteiger partial charge on any atom is 0.162 e. The van der Waals surface area contributed by atoms with Crippen LogP contribution in [-0.4, -0.2) is 26.4 Å². The summed E-state index contributed by atoms with van der Waals surface area (Å²) in [5.74, 6) is 0.950. The lowest BCUT2D eigenvalue weighted by Gasteiger charge is -2.05. The fourth-order valence-corrected chi connectivity index (χ4v) is 2.72. The van der Waals surface area contributed by atoms with Gasteiger partial charge in [0.05, 0.1) is 22.4 Å². The zero-order chi connectivity index (χ0) is 16.6. The van der Waals surface area contributed by atoms with Crippen LogP contribution in [0.15, 0.2) is 30.5 Å². The molecule has 0 aliphatic heterocycles. The van der Waals surface area contributed by atoms with Crippen LogP contribution < -0.4 is 5.32 Å². The molecule has 3 rings (SSSR count).